The number of rotatable bonds is 9. The van der Waals surface area contributed by atoms with Gasteiger partial charge in [-0.2, -0.15) is 4.68 Å². The molecule has 0 aliphatic carbocycles. The van der Waals surface area contributed by atoms with E-state index in [1.54, 1.807) is 7.11 Å². The number of likely N-dealkylation sites (N-methyl/N-ethyl adjacent to an activating group) is 1. The predicted octanol–water partition coefficient (Wildman–Crippen LogP) is 1.74. The van der Waals surface area contributed by atoms with Crippen molar-refractivity contribution in [2.45, 2.75) is 47.0 Å². The maximum Gasteiger partial charge on any atom is 0.275 e. The van der Waals surface area contributed by atoms with Gasteiger partial charge in [0.15, 0.2) is 19.0 Å². The topological polar surface area (TPSA) is 65.5 Å². The maximum absolute atomic E-state index is 12.0. The number of ether oxygens (including phenoxy) is 1. The van der Waals surface area contributed by atoms with E-state index in [4.69, 9.17) is 22.1 Å². The van der Waals surface area contributed by atoms with Crippen molar-refractivity contribution in [3.8, 4) is 17.1 Å². The Balaban J connectivity index is 2.28. The number of carbonyl (C=O) groups is 1. The average Bonchev–Trinajstić information content (AvgIpc) is 2.90. The Morgan fingerprint density at radius 1 is 1.25 bits per heavy atom. The van der Waals surface area contributed by atoms with Gasteiger partial charge < -0.3 is 15.0 Å². The zero-order chi connectivity index (χ0) is 20.8. The minimum atomic E-state index is 0.0241. The van der Waals surface area contributed by atoms with Crippen LogP contribution in [0.1, 0.15) is 27.7 Å². The molecule has 2 aromatic rings. The highest BCUT2D eigenvalue weighted by atomic mass is 32.1. The van der Waals surface area contributed by atoms with Crippen molar-refractivity contribution in [1.82, 2.24) is 19.7 Å². The summed E-state index contributed by atoms with van der Waals surface area (Å²) in [5, 5.41) is 7.70. The van der Waals surface area contributed by atoms with Gasteiger partial charge in [0, 0.05) is 18.2 Å². The first-order valence-corrected chi connectivity index (χ1v) is 10.0. The van der Waals surface area contributed by atoms with Gasteiger partial charge in [0.1, 0.15) is 5.75 Å². The number of amides is 1. The fourth-order valence-corrected chi connectivity index (χ4v) is 3.25. The largest absolute Gasteiger partial charge is 0.497 e. The molecule has 1 amide bonds. The highest BCUT2D eigenvalue weighted by Crippen LogP contribution is 2.22. The van der Waals surface area contributed by atoms with Crippen LogP contribution in [0.2, 0.25) is 0 Å². The first-order chi connectivity index (χ1) is 13.2. The van der Waals surface area contributed by atoms with Crippen molar-refractivity contribution in [3.05, 3.63) is 29.0 Å². The summed E-state index contributed by atoms with van der Waals surface area (Å²) in [6.45, 7) is 9.91. The molecule has 2 rings (SSSR count). The molecular formula is C20H32N5O2S+. The van der Waals surface area contributed by atoms with Crippen molar-refractivity contribution in [1.29, 1.82) is 0 Å². The SMILES string of the molecule is COc1ccc(-c2nn(C[NH+](C)CC(=O)NC(C)C)c(=S)n2CC(C)C)cc1. The number of carbonyl (C=O) groups excluding carboxylic acids is 1. The molecule has 2 N–H and O–H groups in total. The van der Waals surface area contributed by atoms with Gasteiger partial charge in [-0.1, -0.05) is 13.8 Å². The van der Waals surface area contributed by atoms with E-state index in [2.05, 4.69) is 23.7 Å². The Kier molecular flexibility index (Phi) is 7.77. The lowest BCUT2D eigenvalue weighted by Crippen LogP contribution is -3.09. The summed E-state index contributed by atoms with van der Waals surface area (Å²) in [6.07, 6.45) is 0. The molecule has 1 unspecified atom stereocenters. The molecule has 0 aliphatic rings. The van der Waals surface area contributed by atoms with Crippen LogP contribution in [0.5, 0.6) is 5.75 Å². The van der Waals surface area contributed by atoms with E-state index < -0.39 is 0 Å². The standard InChI is InChI=1S/C20H31N5O2S/c1-14(2)11-24-19(16-7-9-17(27-6)10-8-16)22-25(20(24)28)13-23(5)12-18(26)21-15(3)4/h7-10,14-15H,11-13H2,1-6H3,(H,21,26)/p+1. The van der Waals surface area contributed by atoms with E-state index in [9.17, 15) is 4.79 Å². The molecule has 1 heterocycles. The summed E-state index contributed by atoms with van der Waals surface area (Å²) in [7, 11) is 3.62. The summed E-state index contributed by atoms with van der Waals surface area (Å²) in [6, 6.07) is 7.96. The summed E-state index contributed by atoms with van der Waals surface area (Å²) in [4.78, 5) is 13.1. The monoisotopic (exact) mass is 406 g/mol. The first kappa shape index (κ1) is 22.1. The number of nitrogens with one attached hydrogen (secondary N) is 2. The molecule has 0 saturated carbocycles. The molecular weight excluding hydrogens is 374 g/mol. The zero-order valence-electron chi connectivity index (χ0n) is 17.7. The zero-order valence-corrected chi connectivity index (χ0v) is 18.5. The molecule has 154 valence electrons. The van der Waals surface area contributed by atoms with Crippen LogP contribution >= 0.6 is 12.2 Å². The van der Waals surface area contributed by atoms with Gasteiger partial charge in [-0.05, 0) is 56.2 Å². The van der Waals surface area contributed by atoms with E-state index in [0.29, 0.717) is 23.9 Å². The van der Waals surface area contributed by atoms with Gasteiger partial charge in [0.25, 0.3) is 5.91 Å². The van der Waals surface area contributed by atoms with Crippen molar-refractivity contribution in [3.63, 3.8) is 0 Å². The van der Waals surface area contributed by atoms with E-state index in [0.717, 1.165) is 28.6 Å². The lowest BCUT2D eigenvalue weighted by atomic mass is 10.2. The minimum absolute atomic E-state index is 0.0241. The van der Waals surface area contributed by atoms with Crippen molar-refractivity contribution in [2.24, 2.45) is 5.92 Å². The van der Waals surface area contributed by atoms with Crippen LogP contribution in [0, 0.1) is 10.7 Å². The maximum atomic E-state index is 12.0. The van der Waals surface area contributed by atoms with Crippen LogP contribution in [0.15, 0.2) is 24.3 Å². The molecule has 0 spiro atoms. The highest BCUT2D eigenvalue weighted by molar-refractivity contribution is 7.71. The van der Waals surface area contributed by atoms with E-state index in [-0.39, 0.29) is 11.9 Å². The first-order valence-electron chi connectivity index (χ1n) is 9.64. The Morgan fingerprint density at radius 2 is 1.89 bits per heavy atom. The normalized spacial score (nSPS) is 12.4. The molecule has 0 bridgehead atoms. The number of hydrogen-bond donors (Lipinski definition) is 2. The minimum Gasteiger partial charge on any atom is -0.497 e. The smallest absolute Gasteiger partial charge is 0.275 e. The Morgan fingerprint density at radius 3 is 2.43 bits per heavy atom. The predicted molar refractivity (Wildman–Crippen MR) is 113 cm³/mol. The summed E-state index contributed by atoms with van der Waals surface area (Å²) < 4.78 is 9.81. The molecule has 7 nitrogen and oxygen atoms in total. The number of nitrogens with zero attached hydrogens (tertiary/aromatic N) is 3. The van der Waals surface area contributed by atoms with Crippen LogP contribution < -0.4 is 15.0 Å². The van der Waals surface area contributed by atoms with Crippen LogP contribution in [0.25, 0.3) is 11.4 Å². The molecule has 0 radical (unpaired) electrons. The summed E-state index contributed by atoms with van der Waals surface area (Å²) in [5.41, 5.74) is 0.988. The van der Waals surface area contributed by atoms with Gasteiger partial charge in [-0.15, -0.1) is 5.10 Å². The number of aromatic nitrogens is 3. The molecule has 0 aliphatic heterocycles. The lowest BCUT2D eigenvalue weighted by molar-refractivity contribution is -0.895. The summed E-state index contributed by atoms with van der Waals surface area (Å²) in [5.74, 6) is 2.09. The van der Waals surface area contributed by atoms with Crippen molar-refractivity contribution >= 4 is 18.1 Å². The second-order valence-corrected chi connectivity index (χ2v) is 8.22. The molecule has 0 fully saturated rings. The molecule has 0 saturated heterocycles. The van der Waals surface area contributed by atoms with Crippen LogP contribution in [-0.2, 0) is 18.0 Å². The highest BCUT2D eigenvalue weighted by Gasteiger charge is 2.17. The van der Waals surface area contributed by atoms with Crippen LogP contribution in [-0.4, -0.2) is 47.0 Å². The quantitative estimate of drug-likeness (QED) is 0.623. The fraction of sp³-hybridized carbons (Fsp3) is 0.550. The van der Waals surface area contributed by atoms with Crippen LogP contribution in [0.3, 0.4) is 0 Å². The van der Waals surface area contributed by atoms with Crippen molar-refractivity contribution < 1.29 is 14.4 Å². The molecule has 1 aromatic heterocycles. The third-order valence-corrected chi connectivity index (χ3v) is 4.58. The third-order valence-electron chi connectivity index (χ3n) is 4.15. The van der Waals surface area contributed by atoms with Gasteiger partial charge in [-0.3, -0.25) is 9.36 Å². The van der Waals surface area contributed by atoms with E-state index in [1.165, 1.54) is 0 Å². The Labute approximate surface area is 172 Å². The lowest BCUT2D eigenvalue weighted by Gasteiger charge is -2.14. The van der Waals surface area contributed by atoms with Gasteiger partial charge in [0.05, 0.1) is 14.2 Å². The second-order valence-electron chi connectivity index (χ2n) is 7.85. The fourth-order valence-electron chi connectivity index (χ4n) is 2.99. The molecule has 1 aromatic carbocycles. The molecule has 1 atom stereocenters. The van der Waals surface area contributed by atoms with Gasteiger partial charge in [-0.25, -0.2) is 0 Å². The van der Waals surface area contributed by atoms with E-state index in [1.807, 2.05) is 49.8 Å². The number of quaternary nitrogens is 1. The third kappa shape index (κ3) is 5.90. The second kappa shape index (κ2) is 9.84. The number of benzene rings is 1. The number of hydrogen-bond acceptors (Lipinski definition) is 4. The average molecular weight is 407 g/mol. The molecule has 8 heteroatoms. The van der Waals surface area contributed by atoms with Gasteiger partial charge >= 0.3 is 0 Å². The molecule has 28 heavy (non-hydrogen) atoms. The Hall–Kier alpha value is -2.19. The van der Waals surface area contributed by atoms with Gasteiger partial charge in [0.2, 0.25) is 4.77 Å². The van der Waals surface area contributed by atoms with Crippen molar-refractivity contribution in [2.75, 3.05) is 20.7 Å². The number of methoxy groups -OCH3 is 1. The van der Waals surface area contributed by atoms with Crippen LogP contribution in [0.4, 0.5) is 0 Å². The van der Waals surface area contributed by atoms with E-state index >= 15 is 0 Å². The summed E-state index contributed by atoms with van der Waals surface area (Å²) >= 11 is 5.71. The Bertz CT molecular complexity index is 839.